The molecule has 1 atom stereocenters. The number of Topliss-reactive ketones (excluding diaryl/α,β-unsaturated/α-hetero) is 1. The van der Waals surface area contributed by atoms with Crippen LogP contribution in [0.15, 0.2) is 42.5 Å². The van der Waals surface area contributed by atoms with Crippen LogP contribution in [-0.4, -0.2) is 41.7 Å². The fourth-order valence-corrected chi connectivity index (χ4v) is 3.71. The van der Waals surface area contributed by atoms with Gasteiger partial charge in [-0.2, -0.15) is 0 Å². The largest absolute Gasteiger partial charge is 0.481 e. The zero-order chi connectivity index (χ0) is 22.4. The number of carbonyl (C=O) groups is 3. The predicted molar refractivity (Wildman–Crippen MR) is 116 cm³/mol. The molecule has 0 unspecified atom stereocenters. The van der Waals surface area contributed by atoms with E-state index >= 15 is 0 Å². The first-order valence-corrected chi connectivity index (χ1v) is 10.5. The van der Waals surface area contributed by atoms with Gasteiger partial charge in [0.15, 0.2) is 11.9 Å². The molecular formula is C23H24ClFN2O4. The van der Waals surface area contributed by atoms with Crippen molar-refractivity contribution in [1.82, 2.24) is 4.90 Å². The average molecular weight is 447 g/mol. The number of ketones is 1. The highest BCUT2D eigenvalue weighted by Gasteiger charge is 2.23. The third-order valence-electron chi connectivity index (χ3n) is 5.00. The average Bonchev–Trinajstić information content (AvgIpc) is 2.73. The molecule has 1 saturated heterocycles. The second-order valence-corrected chi connectivity index (χ2v) is 7.85. The van der Waals surface area contributed by atoms with Crippen molar-refractivity contribution in [2.24, 2.45) is 0 Å². The number of rotatable bonds is 7. The summed E-state index contributed by atoms with van der Waals surface area (Å²) in [7, 11) is 0. The summed E-state index contributed by atoms with van der Waals surface area (Å²) >= 11 is 5.88. The van der Waals surface area contributed by atoms with Crippen molar-refractivity contribution >= 4 is 34.9 Å². The summed E-state index contributed by atoms with van der Waals surface area (Å²) in [5.74, 6) is -1.24. The lowest BCUT2D eigenvalue weighted by Gasteiger charge is -2.29. The van der Waals surface area contributed by atoms with Crippen LogP contribution in [0.4, 0.5) is 10.1 Å². The zero-order valence-corrected chi connectivity index (χ0v) is 18.0. The highest BCUT2D eigenvalue weighted by atomic mass is 35.5. The normalized spacial score (nSPS) is 14.6. The first-order valence-electron chi connectivity index (χ1n) is 10.2. The van der Waals surface area contributed by atoms with Crippen LogP contribution in [0.1, 0.15) is 43.0 Å². The van der Waals surface area contributed by atoms with Gasteiger partial charge in [0.05, 0.1) is 11.4 Å². The molecule has 0 saturated carbocycles. The van der Waals surface area contributed by atoms with E-state index < -0.39 is 30.0 Å². The molecule has 31 heavy (non-hydrogen) atoms. The Morgan fingerprint density at radius 3 is 2.58 bits per heavy atom. The zero-order valence-electron chi connectivity index (χ0n) is 17.2. The fraction of sp³-hybridized carbons (Fsp3) is 0.348. The Bertz CT molecular complexity index is 976. The Morgan fingerprint density at radius 2 is 1.87 bits per heavy atom. The van der Waals surface area contributed by atoms with Gasteiger partial charge in [0, 0.05) is 30.4 Å². The molecule has 0 aliphatic carbocycles. The van der Waals surface area contributed by atoms with Crippen molar-refractivity contribution in [2.75, 3.05) is 18.4 Å². The smallest absolute Gasteiger partial charge is 0.263 e. The summed E-state index contributed by atoms with van der Waals surface area (Å²) in [4.78, 5) is 38.9. The van der Waals surface area contributed by atoms with Crippen molar-refractivity contribution in [3.8, 4) is 5.75 Å². The Morgan fingerprint density at radius 1 is 1.13 bits per heavy atom. The Balaban J connectivity index is 1.57. The van der Waals surface area contributed by atoms with E-state index in [4.69, 9.17) is 16.3 Å². The summed E-state index contributed by atoms with van der Waals surface area (Å²) in [5, 5.41) is 2.59. The molecule has 8 heteroatoms. The minimum absolute atomic E-state index is 0.0412. The summed E-state index contributed by atoms with van der Waals surface area (Å²) in [5.41, 5.74) is 0.512. The van der Waals surface area contributed by atoms with Gasteiger partial charge < -0.3 is 15.0 Å². The molecular weight excluding hydrogens is 423 g/mol. The molecule has 3 rings (SSSR count). The molecule has 164 valence electrons. The number of nitrogens with zero attached hydrogens (tertiary/aromatic N) is 1. The van der Waals surface area contributed by atoms with E-state index in [1.807, 2.05) is 4.90 Å². The van der Waals surface area contributed by atoms with Crippen molar-refractivity contribution < 1.29 is 23.5 Å². The fourth-order valence-electron chi connectivity index (χ4n) is 3.43. The molecule has 1 aliphatic heterocycles. The number of anilines is 1. The minimum Gasteiger partial charge on any atom is -0.481 e. The number of hydrogen-bond acceptors (Lipinski definition) is 4. The number of piperidine rings is 1. The summed E-state index contributed by atoms with van der Waals surface area (Å²) in [6.45, 7) is 3.19. The van der Waals surface area contributed by atoms with Crippen LogP contribution in [-0.2, 0) is 9.59 Å². The molecule has 1 N–H and O–H groups in total. The van der Waals surface area contributed by atoms with E-state index in [9.17, 15) is 18.8 Å². The van der Waals surface area contributed by atoms with E-state index in [0.29, 0.717) is 11.4 Å². The molecule has 2 amide bonds. The standard InChI is InChI=1S/C23H24ClFN2O4/c1-15(23(30)27-10-3-2-4-11-27)31-18-7-5-6-17(13-18)26-22(29)14-21(28)19-9-8-16(25)12-20(19)24/h5-9,12-13,15H,2-4,10-11,14H2,1H3,(H,26,29)/t15-/m1/s1. The van der Waals surface area contributed by atoms with Crippen LogP contribution < -0.4 is 10.1 Å². The monoisotopic (exact) mass is 446 g/mol. The number of likely N-dealkylation sites (tertiary alicyclic amines) is 1. The molecule has 1 heterocycles. The van der Waals surface area contributed by atoms with Gasteiger partial charge in [-0.1, -0.05) is 17.7 Å². The van der Waals surface area contributed by atoms with Crippen molar-refractivity contribution in [3.05, 3.63) is 58.9 Å². The van der Waals surface area contributed by atoms with Gasteiger partial charge >= 0.3 is 0 Å². The number of carbonyl (C=O) groups excluding carboxylic acids is 3. The molecule has 0 aromatic heterocycles. The molecule has 2 aromatic carbocycles. The number of nitrogens with one attached hydrogen (secondary N) is 1. The van der Waals surface area contributed by atoms with Crippen LogP contribution >= 0.6 is 11.6 Å². The third kappa shape index (κ3) is 6.28. The van der Waals surface area contributed by atoms with Crippen LogP contribution in [0.5, 0.6) is 5.75 Å². The number of amides is 2. The van der Waals surface area contributed by atoms with Gasteiger partial charge in [-0.25, -0.2) is 4.39 Å². The van der Waals surface area contributed by atoms with Crippen LogP contribution in [0.25, 0.3) is 0 Å². The Labute approximate surface area is 185 Å². The first-order chi connectivity index (χ1) is 14.8. The molecule has 1 fully saturated rings. The van der Waals surface area contributed by atoms with E-state index in [1.54, 1.807) is 31.2 Å². The molecule has 2 aromatic rings. The van der Waals surface area contributed by atoms with Crippen LogP contribution in [0.3, 0.4) is 0 Å². The van der Waals surface area contributed by atoms with E-state index in [1.165, 1.54) is 6.07 Å². The molecule has 0 bridgehead atoms. The van der Waals surface area contributed by atoms with Crippen LogP contribution in [0, 0.1) is 5.82 Å². The maximum Gasteiger partial charge on any atom is 0.263 e. The van der Waals surface area contributed by atoms with Crippen LogP contribution in [0.2, 0.25) is 5.02 Å². The van der Waals surface area contributed by atoms with E-state index in [2.05, 4.69) is 5.32 Å². The predicted octanol–water partition coefficient (Wildman–Crippen LogP) is 4.47. The number of ether oxygens (including phenoxy) is 1. The molecule has 0 radical (unpaired) electrons. The molecule has 6 nitrogen and oxygen atoms in total. The summed E-state index contributed by atoms with van der Waals surface area (Å²) in [6.07, 6.45) is 2.05. The lowest BCUT2D eigenvalue weighted by atomic mass is 10.1. The number of halogens is 2. The number of benzene rings is 2. The number of hydrogen-bond donors (Lipinski definition) is 1. The van der Waals surface area contributed by atoms with E-state index in [-0.39, 0.29) is 16.5 Å². The van der Waals surface area contributed by atoms with Crippen molar-refractivity contribution in [3.63, 3.8) is 0 Å². The highest BCUT2D eigenvalue weighted by Crippen LogP contribution is 2.22. The van der Waals surface area contributed by atoms with Gasteiger partial charge in [0.25, 0.3) is 5.91 Å². The van der Waals surface area contributed by atoms with Gasteiger partial charge in [-0.05, 0) is 56.5 Å². The Kier molecular flexibility index (Phi) is 7.63. The Hall–Kier alpha value is -2.93. The third-order valence-corrected chi connectivity index (χ3v) is 5.31. The van der Waals surface area contributed by atoms with Crippen molar-refractivity contribution in [2.45, 2.75) is 38.7 Å². The topological polar surface area (TPSA) is 75.7 Å². The maximum absolute atomic E-state index is 13.1. The molecule has 1 aliphatic rings. The van der Waals surface area contributed by atoms with Gasteiger partial charge in [0.1, 0.15) is 11.6 Å². The highest BCUT2D eigenvalue weighted by molar-refractivity contribution is 6.34. The first kappa shape index (κ1) is 22.7. The second kappa shape index (κ2) is 10.4. The van der Waals surface area contributed by atoms with Gasteiger partial charge in [-0.3, -0.25) is 14.4 Å². The van der Waals surface area contributed by atoms with Gasteiger partial charge in [-0.15, -0.1) is 0 Å². The molecule has 0 spiro atoms. The summed E-state index contributed by atoms with van der Waals surface area (Å²) < 4.78 is 18.9. The van der Waals surface area contributed by atoms with E-state index in [0.717, 1.165) is 44.5 Å². The maximum atomic E-state index is 13.1. The lowest BCUT2D eigenvalue weighted by molar-refractivity contribution is -0.138. The van der Waals surface area contributed by atoms with Gasteiger partial charge in [0.2, 0.25) is 5.91 Å². The SMILES string of the molecule is C[C@@H](Oc1cccc(NC(=O)CC(=O)c2ccc(F)cc2Cl)c1)C(=O)N1CCCCC1. The summed E-state index contributed by atoms with van der Waals surface area (Å²) in [6, 6.07) is 10.0. The second-order valence-electron chi connectivity index (χ2n) is 7.45. The quantitative estimate of drug-likeness (QED) is 0.503. The van der Waals surface area contributed by atoms with Crippen molar-refractivity contribution in [1.29, 1.82) is 0 Å². The minimum atomic E-state index is -0.647. The lowest BCUT2D eigenvalue weighted by Crippen LogP contribution is -2.43.